The van der Waals surface area contributed by atoms with Crippen molar-refractivity contribution in [2.45, 2.75) is 26.3 Å². The molecule has 5 nitrogen and oxygen atoms in total. The molecule has 0 unspecified atom stereocenters. The van der Waals surface area contributed by atoms with E-state index in [1.807, 2.05) is 20.8 Å². The maximum absolute atomic E-state index is 10.0. The Labute approximate surface area is 96.9 Å². The van der Waals surface area contributed by atoms with Crippen LogP contribution in [0.3, 0.4) is 0 Å². The minimum absolute atomic E-state index is 0.0282. The van der Waals surface area contributed by atoms with E-state index in [1.54, 1.807) is 0 Å². The number of aromatic nitrogens is 2. The molecule has 0 radical (unpaired) electrons. The monoisotopic (exact) mass is 242 g/mol. The summed E-state index contributed by atoms with van der Waals surface area (Å²) >= 11 is 1.21. The third-order valence-electron chi connectivity index (χ3n) is 2.29. The summed E-state index contributed by atoms with van der Waals surface area (Å²) in [5.41, 5.74) is -0.0174. The number of hydrogen-bond acceptors (Lipinski definition) is 5. The second-order valence-electron chi connectivity index (χ2n) is 4.52. The summed E-state index contributed by atoms with van der Waals surface area (Å²) in [7, 11) is 1.50. The second kappa shape index (κ2) is 3.28. The van der Waals surface area contributed by atoms with Gasteiger partial charge in [-0.25, -0.2) is 0 Å². The van der Waals surface area contributed by atoms with Gasteiger partial charge in [0.2, 0.25) is 11.8 Å². The first-order valence-corrected chi connectivity index (χ1v) is 5.65. The Balaban J connectivity index is 2.75. The van der Waals surface area contributed by atoms with Crippen molar-refractivity contribution in [3.05, 3.63) is 0 Å². The van der Waals surface area contributed by atoms with Gasteiger partial charge in [-0.05, 0) is 20.8 Å². The number of hydrogen-bond donors (Lipinski definition) is 2. The predicted molar refractivity (Wildman–Crippen MR) is 62.5 cm³/mol. The van der Waals surface area contributed by atoms with Gasteiger partial charge in [0.25, 0.3) is 5.19 Å². The summed E-state index contributed by atoms with van der Waals surface area (Å²) in [6.07, 6.45) is 0. The Hall–Kier alpha value is -1.43. The third-order valence-corrected chi connectivity index (χ3v) is 3.30. The SMILES string of the molecule is COc1nc2c(O)n(C(C)(C)C)c(O)c2s1. The molecule has 0 amide bonds. The summed E-state index contributed by atoms with van der Waals surface area (Å²) in [6, 6.07) is 0. The van der Waals surface area contributed by atoms with Gasteiger partial charge in [0.1, 0.15) is 4.70 Å². The molecule has 88 valence electrons. The third kappa shape index (κ3) is 1.41. The number of nitrogens with zero attached hydrogens (tertiary/aromatic N) is 2. The van der Waals surface area contributed by atoms with Crippen molar-refractivity contribution < 1.29 is 14.9 Å². The zero-order chi connectivity index (χ0) is 12.1. The standard InChI is InChI=1S/C10H14N2O3S/c1-10(2,3)12-7(13)5-6(8(12)14)16-9(11-5)15-4/h13-14H,1-4H3. The van der Waals surface area contributed by atoms with Crippen LogP contribution in [0.15, 0.2) is 0 Å². The molecule has 0 aliphatic rings. The molecular formula is C10H14N2O3S. The number of fused-ring (bicyclic) bond motifs is 1. The molecular weight excluding hydrogens is 228 g/mol. The average Bonchev–Trinajstić information content (AvgIpc) is 2.66. The molecule has 16 heavy (non-hydrogen) atoms. The smallest absolute Gasteiger partial charge is 0.274 e. The lowest BCUT2D eigenvalue weighted by molar-refractivity contribution is 0.287. The molecule has 0 spiro atoms. The maximum Gasteiger partial charge on any atom is 0.274 e. The first kappa shape index (κ1) is 11.1. The van der Waals surface area contributed by atoms with Gasteiger partial charge in [0.05, 0.1) is 7.11 Å². The van der Waals surface area contributed by atoms with E-state index in [2.05, 4.69) is 4.98 Å². The van der Waals surface area contributed by atoms with Gasteiger partial charge in [0, 0.05) is 5.54 Å². The molecule has 2 aromatic rings. The molecule has 0 aromatic carbocycles. The van der Waals surface area contributed by atoms with Crippen LogP contribution in [-0.4, -0.2) is 26.9 Å². The highest BCUT2D eigenvalue weighted by Crippen LogP contribution is 2.44. The van der Waals surface area contributed by atoms with E-state index >= 15 is 0 Å². The van der Waals surface area contributed by atoms with E-state index in [9.17, 15) is 10.2 Å². The first-order valence-electron chi connectivity index (χ1n) is 4.84. The molecule has 0 fully saturated rings. The number of rotatable bonds is 1. The average molecular weight is 242 g/mol. The topological polar surface area (TPSA) is 67.5 Å². The molecule has 0 aliphatic carbocycles. The van der Waals surface area contributed by atoms with Crippen LogP contribution in [0.1, 0.15) is 20.8 Å². The molecule has 0 saturated heterocycles. The van der Waals surface area contributed by atoms with Gasteiger partial charge >= 0.3 is 0 Å². The van der Waals surface area contributed by atoms with Gasteiger partial charge in [0.15, 0.2) is 5.52 Å². The Morgan fingerprint density at radius 3 is 2.31 bits per heavy atom. The van der Waals surface area contributed by atoms with Crippen molar-refractivity contribution in [3.63, 3.8) is 0 Å². The fourth-order valence-electron chi connectivity index (χ4n) is 1.63. The summed E-state index contributed by atoms with van der Waals surface area (Å²) in [6.45, 7) is 5.69. The van der Waals surface area contributed by atoms with Gasteiger partial charge in [-0.2, -0.15) is 4.98 Å². The number of aromatic hydroxyl groups is 2. The van der Waals surface area contributed by atoms with Crippen LogP contribution in [-0.2, 0) is 5.54 Å². The number of thiazole rings is 1. The fraction of sp³-hybridized carbons (Fsp3) is 0.500. The van der Waals surface area contributed by atoms with Crippen molar-refractivity contribution >= 4 is 21.6 Å². The lowest BCUT2D eigenvalue weighted by atomic mass is 10.1. The Morgan fingerprint density at radius 1 is 1.25 bits per heavy atom. The highest BCUT2D eigenvalue weighted by molar-refractivity contribution is 7.20. The van der Waals surface area contributed by atoms with Crippen LogP contribution in [0.4, 0.5) is 0 Å². The Morgan fingerprint density at radius 2 is 1.88 bits per heavy atom. The highest BCUT2D eigenvalue weighted by Gasteiger charge is 2.27. The summed E-state index contributed by atoms with van der Waals surface area (Å²) in [5, 5.41) is 20.5. The van der Waals surface area contributed by atoms with Gasteiger partial charge < -0.3 is 14.9 Å². The Bertz CT molecular complexity index is 499. The minimum Gasteiger partial charge on any atom is -0.493 e. The first-order chi connectivity index (χ1) is 7.36. The second-order valence-corrected chi connectivity index (χ2v) is 5.48. The van der Waals surface area contributed by atoms with E-state index < -0.39 is 5.54 Å². The lowest BCUT2D eigenvalue weighted by Gasteiger charge is -2.22. The van der Waals surface area contributed by atoms with Crippen molar-refractivity contribution in [1.29, 1.82) is 0 Å². The van der Waals surface area contributed by atoms with Crippen LogP contribution in [0.25, 0.3) is 10.2 Å². The number of ether oxygens (including phenoxy) is 1. The fourth-order valence-corrected chi connectivity index (χ4v) is 2.45. The zero-order valence-electron chi connectivity index (χ0n) is 9.61. The molecule has 2 rings (SSSR count). The molecule has 6 heteroatoms. The van der Waals surface area contributed by atoms with E-state index in [4.69, 9.17) is 4.74 Å². The van der Waals surface area contributed by atoms with Crippen molar-refractivity contribution in [2.24, 2.45) is 0 Å². The van der Waals surface area contributed by atoms with E-state index in [0.29, 0.717) is 15.4 Å². The minimum atomic E-state index is -0.401. The van der Waals surface area contributed by atoms with Crippen LogP contribution in [0.5, 0.6) is 17.0 Å². The molecule has 0 aliphatic heterocycles. The van der Waals surface area contributed by atoms with Gasteiger partial charge in [-0.3, -0.25) is 4.57 Å². The van der Waals surface area contributed by atoms with E-state index in [-0.39, 0.29) is 11.8 Å². The zero-order valence-corrected chi connectivity index (χ0v) is 10.4. The van der Waals surface area contributed by atoms with Gasteiger partial charge in [-0.15, -0.1) is 0 Å². The summed E-state index contributed by atoms with van der Waals surface area (Å²) in [4.78, 5) is 4.09. The molecule has 0 bridgehead atoms. The molecule has 2 aromatic heterocycles. The van der Waals surface area contributed by atoms with Gasteiger partial charge in [-0.1, -0.05) is 11.3 Å². The summed E-state index contributed by atoms with van der Waals surface area (Å²) < 4.78 is 6.97. The van der Waals surface area contributed by atoms with Crippen LogP contribution >= 0.6 is 11.3 Å². The van der Waals surface area contributed by atoms with Crippen LogP contribution in [0.2, 0.25) is 0 Å². The predicted octanol–water partition coefficient (Wildman–Crippen LogP) is 2.27. The molecule has 2 N–H and O–H groups in total. The van der Waals surface area contributed by atoms with Crippen molar-refractivity contribution in [2.75, 3.05) is 7.11 Å². The maximum atomic E-state index is 10.0. The molecule has 0 atom stereocenters. The van der Waals surface area contributed by atoms with Crippen LogP contribution < -0.4 is 4.74 Å². The van der Waals surface area contributed by atoms with Crippen molar-refractivity contribution in [1.82, 2.24) is 9.55 Å². The van der Waals surface area contributed by atoms with E-state index in [1.165, 1.54) is 23.0 Å². The van der Waals surface area contributed by atoms with Crippen LogP contribution in [0, 0.1) is 0 Å². The quantitative estimate of drug-likeness (QED) is 0.805. The highest BCUT2D eigenvalue weighted by atomic mass is 32.1. The largest absolute Gasteiger partial charge is 0.493 e. The molecule has 0 saturated carbocycles. The van der Waals surface area contributed by atoms with E-state index in [0.717, 1.165) is 0 Å². The summed E-state index contributed by atoms with van der Waals surface area (Å²) in [5.74, 6) is 0.000324. The normalized spacial score (nSPS) is 12.2. The number of methoxy groups -OCH3 is 1. The lowest BCUT2D eigenvalue weighted by Crippen LogP contribution is -2.20. The Kier molecular flexibility index (Phi) is 2.27. The van der Waals surface area contributed by atoms with Crippen molar-refractivity contribution in [3.8, 4) is 17.0 Å². The molecule has 2 heterocycles.